The van der Waals surface area contributed by atoms with E-state index in [1.807, 2.05) is 30.3 Å². The molecular weight excluding hydrogens is 464 g/mol. The number of amides is 1. The van der Waals surface area contributed by atoms with Gasteiger partial charge in [0.2, 0.25) is 0 Å². The molecule has 1 amide bonds. The fourth-order valence-electron chi connectivity index (χ4n) is 3.90. The van der Waals surface area contributed by atoms with E-state index in [1.54, 1.807) is 0 Å². The molecule has 37 heavy (non-hydrogen) atoms. The minimum absolute atomic E-state index is 0.157. The molecule has 0 atom stereocenters. The summed E-state index contributed by atoms with van der Waals surface area (Å²) in [7, 11) is 0. The van der Waals surface area contributed by atoms with Crippen LogP contribution >= 0.6 is 0 Å². The number of hydrogen-bond acceptors (Lipinski definition) is 5. The molecule has 0 fully saturated rings. The van der Waals surface area contributed by atoms with Crippen LogP contribution in [-0.4, -0.2) is 31.8 Å². The fourth-order valence-corrected chi connectivity index (χ4v) is 3.90. The molecule has 6 nitrogen and oxygen atoms in total. The summed E-state index contributed by atoms with van der Waals surface area (Å²) in [6, 6.07) is 26.6. The minimum Gasteiger partial charge on any atom is -0.466 e. The lowest BCUT2D eigenvalue weighted by Crippen LogP contribution is -2.25. The Kier molecular flexibility index (Phi) is 12.2. The Morgan fingerprint density at radius 1 is 0.676 bits per heavy atom. The number of alkyl carbamates (subject to hydrolysis) is 1. The van der Waals surface area contributed by atoms with Gasteiger partial charge in [-0.1, -0.05) is 78.9 Å². The average molecular weight is 503 g/mol. The second kappa shape index (κ2) is 16.2. The molecular formula is C31H38N2O4. The first-order valence-electron chi connectivity index (χ1n) is 13.1. The van der Waals surface area contributed by atoms with Gasteiger partial charge < -0.3 is 20.5 Å². The van der Waals surface area contributed by atoms with E-state index in [0.29, 0.717) is 32.5 Å². The predicted octanol–water partition coefficient (Wildman–Crippen LogP) is 5.82. The number of unbranched alkanes of at least 4 members (excludes halogenated alkanes) is 2. The van der Waals surface area contributed by atoms with Crippen LogP contribution in [0.15, 0.2) is 78.9 Å². The Morgan fingerprint density at radius 3 is 1.97 bits per heavy atom. The van der Waals surface area contributed by atoms with Crippen molar-refractivity contribution in [3.63, 3.8) is 0 Å². The molecule has 0 radical (unpaired) electrons. The van der Waals surface area contributed by atoms with Crippen LogP contribution in [0, 0.1) is 0 Å². The maximum Gasteiger partial charge on any atom is 0.407 e. The first kappa shape index (κ1) is 27.9. The Morgan fingerprint density at radius 2 is 1.32 bits per heavy atom. The predicted molar refractivity (Wildman–Crippen MR) is 147 cm³/mol. The third-order valence-electron chi connectivity index (χ3n) is 6.09. The number of benzene rings is 3. The Balaban J connectivity index is 1.31. The summed E-state index contributed by atoms with van der Waals surface area (Å²) in [6.45, 7) is 1.96. The molecule has 3 rings (SSSR count). The average Bonchev–Trinajstić information content (AvgIpc) is 2.94. The first-order chi connectivity index (χ1) is 18.1. The van der Waals surface area contributed by atoms with Gasteiger partial charge >= 0.3 is 12.1 Å². The summed E-state index contributed by atoms with van der Waals surface area (Å²) < 4.78 is 10.5. The number of rotatable bonds is 15. The van der Waals surface area contributed by atoms with Crippen molar-refractivity contribution < 1.29 is 19.1 Å². The number of nitrogens with two attached hydrogens (primary N) is 1. The number of nitrogens with one attached hydrogen (secondary N) is 1. The Labute approximate surface area is 220 Å². The Hall–Kier alpha value is -3.64. The van der Waals surface area contributed by atoms with Crippen molar-refractivity contribution in [2.24, 2.45) is 5.73 Å². The van der Waals surface area contributed by atoms with Gasteiger partial charge in [-0.3, -0.25) is 4.79 Å². The molecule has 0 saturated carbocycles. The highest BCUT2D eigenvalue weighted by molar-refractivity contribution is 5.70. The highest BCUT2D eigenvalue weighted by atomic mass is 16.5. The van der Waals surface area contributed by atoms with E-state index in [-0.39, 0.29) is 18.7 Å². The lowest BCUT2D eigenvalue weighted by molar-refractivity contribution is -0.143. The largest absolute Gasteiger partial charge is 0.466 e. The van der Waals surface area contributed by atoms with E-state index in [0.717, 1.165) is 54.4 Å². The number of carbonyl (C=O) groups is 2. The summed E-state index contributed by atoms with van der Waals surface area (Å²) in [4.78, 5) is 23.6. The van der Waals surface area contributed by atoms with Crippen LogP contribution in [-0.2, 0) is 33.7 Å². The smallest absolute Gasteiger partial charge is 0.407 e. The van der Waals surface area contributed by atoms with Gasteiger partial charge in [-0.2, -0.15) is 0 Å². The van der Waals surface area contributed by atoms with Crippen molar-refractivity contribution in [1.29, 1.82) is 0 Å². The van der Waals surface area contributed by atoms with Gasteiger partial charge in [-0.25, -0.2) is 4.79 Å². The number of hydrogen-bond donors (Lipinski definition) is 2. The van der Waals surface area contributed by atoms with Crippen LogP contribution in [0.25, 0.3) is 11.1 Å². The van der Waals surface area contributed by atoms with Crippen molar-refractivity contribution in [1.82, 2.24) is 5.32 Å². The molecule has 0 heterocycles. The molecule has 6 heteroatoms. The van der Waals surface area contributed by atoms with Crippen molar-refractivity contribution >= 4 is 12.1 Å². The second-order valence-electron chi connectivity index (χ2n) is 9.06. The van der Waals surface area contributed by atoms with Gasteiger partial charge in [0.1, 0.15) is 6.61 Å². The maximum absolute atomic E-state index is 11.8. The topological polar surface area (TPSA) is 90.6 Å². The van der Waals surface area contributed by atoms with Crippen LogP contribution in [0.2, 0.25) is 0 Å². The monoisotopic (exact) mass is 502 g/mol. The molecule has 0 aliphatic carbocycles. The van der Waals surface area contributed by atoms with Crippen LogP contribution in [0.4, 0.5) is 4.79 Å². The third kappa shape index (κ3) is 10.9. The highest BCUT2D eigenvalue weighted by Crippen LogP contribution is 2.21. The van der Waals surface area contributed by atoms with Crippen LogP contribution < -0.4 is 11.1 Å². The van der Waals surface area contributed by atoms with Gasteiger partial charge in [0.25, 0.3) is 0 Å². The van der Waals surface area contributed by atoms with E-state index in [4.69, 9.17) is 15.2 Å². The molecule has 3 aromatic rings. The van der Waals surface area contributed by atoms with E-state index >= 15 is 0 Å². The number of esters is 1. The minimum atomic E-state index is -0.377. The lowest BCUT2D eigenvalue weighted by Gasteiger charge is -2.08. The summed E-state index contributed by atoms with van der Waals surface area (Å²) in [6.07, 6.45) is 5.23. The highest BCUT2D eigenvalue weighted by Gasteiger charge is 2.05. The standard InChI is InChI=1S/C31H38N2O4/c32-21-5-7-23-36-30(34)20-15-26-13-18-29(19-14-26)28-16-11-25(12-17-28)8-4-6-22-33-31(35)37-24-27-9-2-1-3-10-27/h1-3,9-14,16-19H,4-8,15,20-24,32H2,(H,33,35). The van der Waals surface area contributed by atoms with Gasteiger partial charge in [-0.15, -0.1) is 0 Å². The molecule has 3 aromatic carbocycles. The number of carbonyl (C=O) groups excluding carboxylic acids is 2. The molecule has 0 bridgehead atoms. The van der Waals surface area contributed by atoms with Crippen molar-refractivity contribution in [3.8, 4) is 11.1 Å². The van der Waals surface area contributed by atoms with Crippen LogP contribution in [0.3, 0.4) is 0 Å². The number of aryl methyl sites for hydroxylation is 2. The van der Waals surface area contributed by atoms with Crippen LogP contribution in [0.5, 0.6) is 0 Å². The molecule has 3 N–H and O–H groups in total. The number of ether oxygens (including phenoxy) is 2. The Bertz CT molecular complexity index is 1070. The van der Waals surface area contributed by atoms with Gasteiger partial charge in [0.05, 0.1) is 6.61 Å². The zero-order valence-corrected chi connectivity index (χ0v) is 21.5. The second-order valence-corrected chi connectivity index (χ2v) is 9.06. The summed E-state index contributed by atoms with van der Waals surface area (Å²) >= 11 is 0. The lowest BCUT2D eigenvalue weighted by atomic mass is 10.00. The van der Waals surface area contributed by atoms with Crippen molar-refractivity contribution in [3.05, 3.63) is 95.6 Å². The first-order valence-corrected chi connectivity index (χ1v) is 13.1. The van der Waals surface area contributed by atoms with Gasteiger partial charge in [0.15, 0.2) is 0 Å². The SMILES string of the molecule is NCCCCOC(=O)CCc1ccc(-c2ccc(CCCCNC(=O)OCc3ccccc3)cc2)cc1. The zero-order valence-electron chi connectivity index (χ0n) is 21.5. The molecule has 0 aliphatic heterocycles. The zero-order chi connectivity index (χ0) is 26.1. The van der Waals surface area contributed by atoms with E-state index < -0.39 is 0 Å². The fraction of sp³-hybridized carbons (Fsp3) is 0.355. The third-order valence-corrected chi connectivity index (χ3v) is 6.09. The molecule has 0 saturated heterocycles. The maximum atomic E-state index is 11.8. The summed E-state index contributed by atoms with van der Waals surface area (Å²) in [5.41, 5.74) is 11.1. The normalized spacial score (nSPS) is 10.6. The molecule has 0 spiro atoms. The summed E-state index contributed by atoms with van der Waals surface area (Å²) in [5.74, 6) is -0.157. The van der Waals surface area contributed by atoms with E-state index in [2.05, 4.69) is 53.8 Å². The van der Waals surface area contributed by atoms with E-state index in [1.165, 1.54) is 5.56 Å². The van der Waals surface area contributed by atoms with Gasteiger partial charge in [0, 0.05) is 13.0 Å². The van der Waals surface area contributed by atoms with Gasteiger partial charge in [-0.05, 0) is 72.9 Å². The van der Waals surface area contributed by atoms with Crippen LogP contribution in [0.1, 0.15) is 48.8 Å². The summed E-state index contributed by atoms with van der Waals surface area (Å²) in [5, 5.41) is 2.81. The molecule has 0 unspecified atom stereocenters. The molecule has 0 aliphatic rings. The molecule has 0 aromatic heterocycles. The van der Waals surface area contributed by atoms with Crippen molar-refractivity contribution in [2.75, 3.05) is 19.7 Å². The van der Waals surface area contributed by atoms with E-state index in [9.17, 15) is 9.59 Å². The van der Waals surface area contributed by atoms with Crippen molar-refractivity contribution in [2.45, 2.75) is 51.6 Å². The quantitative estimate of drug-likeness (QED) is 0.202. The molecule has 196 valence electrons.